The zero-order valence-electron chi connectivity index (χ0n) is 15.6. The fourth-order valence-electron chi connectivity index (χ4n) is 2.62. The number of rotatable bonds is 7. The van der Waals surface area contributed by atoms with Crippen LogP contribution < -0.4 is 30.2 Å². The van der Waals surface area contributed by atoms with Gasteiger partial charge in [-0.15, -0.1) is 0 Å². The Kier molecular flexibility index (Phi) is 6.56. The predicted molar refractivity (Wildman–Crippen MR) is 104 cm³/mol. The SMILES string of the molecule is COc1ccc(NC(=O)NCCC(=O)NC[C@@H]2COc3ccccc3O2)cc1. The first-order valence-electron chi connectivity index (χ1n) is 8.98. The van der Waals surface area contributed by atoms with Gasteiger partial charge >= 0.3 is 6.03 Å². The summed E-state index contributed by atoms with van der Waals surface area (Å²) in [5.74, 6) is 1.91. The number of ether oxygens (including phenoxy) is 3. The van der Waals surface area contributed by atoms with Gasteiger partial charge in [-0.25, -0.2) is 4.79 Å². The lowest BCUT2D eigenvalue weighted by molar-refractivity contribution is -0.121. The van der Waals surface area contributed by atoms with Gasteiger partial charge in [0.15, 0.2) is 11.5 Å². The Morgan fingerprint density at radius 3 is 2.57 bits per heavy atom. The standard InChI is InChI=1S/C20H23N3O5/c1-26-15-8-6-14(7-9-15)23-20(25)21-11-10-19(24)22-12-16-13-27-17-4-2-3-5-18(17)28-16/h2-9,16H,10-13H2,1H3,(H,22,24)(H2,21,23,25)/t16-/m1/s1. The van der Waals surface area contributed by atoms with Crippen molar-refractivity contribution in [2.45, 2.75) is 12.5 Å². The second kappa shape index (κ2) is 9.50. The van der Waals surface area contributed by atoms with Crippen LogP contribution in [0.2, 0.25) is 0 Å². The zero-order valence-corrected chi connectivity index (χ0v) is 15.6. The van der Waals surface area contributed by atoms with E-state index in [-0.39, 0.29) is 31.0 Å². The number of nitrogens with one attached hydrogen (secondary N) is 3. The molecule has 3 N–H and O–H groups in total. The topological polar surface area (TPSA) is 97.9 Å². The molecule has 0 aromatic heterocycles. The lowest BCUT2D eigenvalue weighted by Crippen LogP contribution is -2.41. The van der Waals surface area contributed by atoms with E-state index < -0.39 is 0 Å². The van der Waals surface area contributed by atoms with Gasteiger partial charge < -0.3 is 30.2 Å². The number of urea groups is 1. The Morgan fingerprint density at radius 2 is 1.82 bits per heavy atom. The molecule has 0 bridgehead atoms. The largest absolute Gasteiger partial charge is 0.497 e. The van der Waals surface area contributed by atoms with Crippen LogP contribution in [0.25, 0.3) is 0 Å². The van der Waals surface area contributed by atoms with Crippen molar-refractivity contribution < 1.29 is 23.8 Å². The van der Waals surface area contributed by atoms with Crippen LogP contribution in [0.4, 0.5) is 10.5 Å². The summed E-state index contributed by atoms with van der Waals surface area (Å²) >= 11 is 0. The summed E-state index contributed by atoms with van der Waals surface area (Å²) in [6.45, 7) is 0.934. The first kappa shape index (κ1) is 19.3. The summed E-state index contributed by atoms with van der Waals surface area (Å²) in [4.78, 5) is 23.8. The second-order valence-electron chi connectivity index (χ2n) is 6.16. The van der Waals surface area contributed by atoms with Crippen LogP contribution in [-0.2, 0) is 4.79 Å². The molecule has 0 saturated heterocycles. The molecule has 0 fully saturated rings. The van der Waals surface area contributed by atoms with Gasteiger partial charge in [-0.1, -0.05) is 12.1 Å². The molecule has 2 aromatic rings. The van der Waals surface area contributed by atoms with Crippen LogP contribution in [0.15, 0.2) is 48.5 Å². The number of anilines is 1. The molecule has 28 heavy (non-hydrogen) atoms. The lowest BCUT2D eigenvalue weighted by Gasteiger charge is -2.26. The van der Waals surface area contributed by atoms with Crippen LogP contribution >= 0.6 is 0 Å². The van der Waals surface area contributed by atoms with Gasteiger partial charge in [0.25, 0.3) is 0 Å². The van der Waals surface area contributed by atoms with Gasteiger partial charge in [-0.3, -0.25) is 4.79 Å². The molecular weight excluding hydrogens is 362 g/mol. The molecule has 2 aromatic carbocycles. The minimum absolute atomic E-state index is 0.167. The number of hydrogen-bond acceptors (Lipinski definition) is 5. The van der Waals surface area contributed by atoms with E-state index in [9.17, 15) is 9.59 Å². The summed E-state index contributed by atoms with van der Waals surface area (Å²) in [6, 6.07) is 14.0. The maximum atomic E-state index is 11.9. The highest BCUT2D eigenvalue weighted by Gasteiger charge is 2.20. The van der Waals surface area contributed by atoms with Crippen molar-refractivity contribution in [3.05, 3.63) is 48.5 Å². The maximum Gasteiger partial charge on any atom is 0.319 e. The molecule has 3 amide bonds. The van der Waals surface area contributed by atoms with E-state index in [4.69, 9.17) is 14.2 Å². The van der Waals surface area contributed by atoms with E-state index in [1.807, 2.05) is 24.3 Å². The second-order valence-corrected chi connectivity index (χ2v) is 6.16. The van der Waals surface area contributed by atoms with Crippen molar-refractivity contribution in [1.82, 2.24) is 10.6 Å². The van der Waals surface area contributed by atoms with Gasteiger partial charge in [0, 0.05) is 18.7 Å². The lowest BCUT2D eigenvalue weighted by atomic mass is 10.2. The molecule has 0 unspecified atom stereocenters. The molecule has 3 rings (SSSR count). The number of para-hydroxylation sites is 2. The molecule has 0 saturated carbocycles. The molecule has 8 nitrogen and oxygen atoms in total. The highest BCUT2D eigenvalue weighted by atomic mass is 16.6. The highest BCUT2D eigenvalue weighted by molar-refractivity contribution is 5.89. The van der Waals surface area contributed by atoms with Gasteiger partial charge in [0.2, 0.25) is 5.91 Å². The Hall–Kier alpha value is -3.42. The minimum Gasteiger partial charge on any atom is -0.497 e. The van der Waals surface area contributed by atoms with E-state index in [1.165, 1.54) is 0 Å². The molecule has 1 heterocycles. The molecule has 148 valence electrons. The molecule has 1 aliphatic heterocycles. The highest BCUT2D eigenvalue weighted by Crippen LogP contribution is 2.30. The molecule has 0 spiro atoms. The third kappa shape index (κ3) is 5.54. The fraction of sp³-hybridized carbons (Fsp3) is 0.300. The van der Waals surface area contributed by atoms with Crippen LogP contribution in [0.5, 0.6) is 17.2 Å². The number of methoxy groups -OCH3 is 1. The molecule has 1 aliphatic rings. The monoisotopic (exact) mass is 385 g/mol. The van der Waals surface area contributed by atoms with Crippen LogP contribution in [-0.4, -0.2) is 44.8 Å². The molecular formula is C20H23N3O5. The first-order valence-corrected chi connectivity index (χ1v) is 8.98. The van der Waals surface area contributed by atoms with E-state index in [0.717, 1.165) is 0 Å². The molecule has 8 heteroatoms. The Balaban J connectivity index is 1.31. The molecule has 0 radical (unpaired) electrons. The normalized spacial score (nSPS) is 14.7. The zero-order chi connectivity index (χ0) is 19.8. The molecule has 0 aliphatic carbocycles. The number of carbonyl (C=O) groups excluding carboxylic acids is 2. The van der Waals surface area contributed by atoms with Crippen LogP contribution in [0.1, 0.15) is 6.42 Å². The maximum absolute atomic E-state index is 11.9. The minimum atomic E-state index is -0.376. The summed E-state index contributed by atoms with van der Waals surface area (Å²) in [5.41, 5.74) is 0.637. The van der Waals surface area contributed by atoms with Crippen molar-refractivity contribution in [1.29, 1.82) is 0 Å². The van der Waals surface area contributed by atoms with E-state index >= 15 is 0 Å². The predicted octanol–water partition coefficient (Wildman–Crippen LogP) is 2.16. The van der Waals surface area contributed by atoms with Gasteiger partial charge in [0.05, 0.1) is 13.7 Å². The van der Waals surface area contributed by atoms with Crippen molar-refractivity contribution in [2.75, 3.05) is 32.1 Å². The van der Waals surface area contributed by atoms with Crippen LogP contribution in [0.3, 0.4) is 0 Å². The van der Waals surface area contributed by atoms with E-state index in [2.05, 4.69) is 16.0 Å². The number of fused-ring (bicyclic) bond motifs is 1. The van der Waals surface area contributed by atoms with Crippen molar-refractivity contribution in [2.24, 2.45) is 0 Å². The summed E-state index contributed by atoms with van der Waals surface area (Å²) < 4.78 is 16.4. The Labute approximate surface area is 163 Å². The van der Waals surface area contributed by atoms with Gasteiger partial charge in [0.1, 0.15) is 18.5 Å². The van der Waals surface area contributed by atoms with E-state index in [0.29, 0.717) is 36.1 Å². The smallest absolute Gasteiger partial charge is 0.319 e. The quantitative estimate of drug-likeness (QED) is 0.679. The number of hydrogen-bond donors (Lipinski definition) is 3. The van der Waals surface area contributed by atoms with Gasteiger partial charge in [-0.05, 0) is 36.4 Å². The number of carbonyl (C=O) groups is 2. The van der Waals surface area contributed by atoms with Crippen molar-refractivity contribution in [3.63, 3.8) is 0 Å². The van der Waals surface area contributed by atoms with Crippen LogP contribution in [0, 0.1) is 0 Å². The average molecular weight is 385 g/mol. The van der Waals surface area contributed by atoms with Crippen molar-refractivity contribution >= 4 is 17.6 Å². The Morgan fingerprint density at radius 1 is 1.07 bits per heavy atom. The number of amides is 3. The van der Waals surface area contributed by atoms with Crippen molar-refractivity contribution in [3.8, 4) is 17.2 Å². The molecule has 1 atom stereocenters. The van der Waals surface area contributed by atoms with E-state index in [1.54, 1.807) is 31.4 Å². The summed E-state index contributed by atoms with van der Waals surface area (Å²) in [7, 11) is 1.58. The van der Waals surface area contributed by atoms with Gasteiger partial charge in [-0.2, -0.15) is 0 Å². The summed E-state index contributed by atoms with van der Waals surface area (Å²) in [6.07, 6.45) is -0.0783. The Bertz CT molecular complexity index is 810. The third-order valence-electron chi connectivity index (χ3n) is 4.08. The third-order valence-corrected chi connectivity index (χ3v) is 4.08. The summed E-state index contributed by atoms with van der Waals surface area (Å²) in [5, 5.41) is 8.12. The average Bonchev–Trinajstić information content (AvgIpc) is 2.72. The first-order chi connectivity index (χ1) is 13.6. The fourth-order valence-corrected chi connectivity index (χ4v) is 2.62. The number of benzene rings is 2.